The van der Waals surface area contributed by atoms with E-state index >= 15 is 0 Å². The number of hydrogen-bond donors (Lipinski definition) is 5. The van der Waals surface area contributed by atoms with Gasteiger partial charge in [-0.1, -0.05) is 31.5 Å². The Bertz CT molecular complexity index is 1290. The molecule has 0 spiro atoms. The molecule has 0 radical (unpaired) electrons. The highest BCUT2D eigenvalue weighted by Gasteiger charge is 2.27. The molecule has 0 bridgehead atoms. The smallest absolute Gasteiger partial charge is 0.229 e. The number of halogens is 1. The molecule has 2 heterocycles. The average Bonchev–Trinajstić information content (AvgIpc) is 3.70. The van der Waals surface area contributed by atoms with Crippen molar-refractivity contribution in [3.05, 3.63) is 46.9 Å². The summed E-state index contributed by atoms with van der Waals surface area (Å²) >= 11 is 6.35. The molecule has 4 rings (SSSR count). The number of aromatic nitrogens is 2. The molecule has 2 aromatic rings. The second-order valence-corrected chi connectivity index (χ2v) is 12.5. The predicted octanol–water partition coefficient (Wildman–Crippen LogP) is 4.40. The first-order chi connectivity index (χ1) is 18.2. The maximum atomic E-state index is 12.7. The van der Waals surface area contributed by atoms with E-state index < -0.39 is 14.9 Å². The number of ether oxygens (including phenoxy) is 1. The minimum Gasteiger partial charge on any atom is -0.488 e. The van der Waals surface area contributed by atoms with E-state index in [1.54, 1.807) is 20.9 Å². The van der Waals surface area contributed by atoms with E-state index in [9.17, 15) is 8.42 Å². The fourth-order valence-corrected chi connectivity index (χ4v) is 5.90. The van der Waals surface area contributed by atoms with Gasteiger partial charge >= 0.3 is 0 Å². The summed E-state index contributed by atoms with van der Waals surface area (Å²) < 4.78 is 31.6. The fourth-order valence-electron chi connectivity index (χ4n) is 4.27. The van der Waals surface area contributed by atoms with Crippen LogP contribution in [0.2, 0.25) is 5.02 Å². The highest BCUT2D eigenvalue weighted by atomic mass is 35.5. The third kappa shape index (κ3) is 7.36. The Labute approximate surface area is 229 Å². The van der Waals surface area contributed by atoms with Crippen molar-refractivity contribution >= 4 is 43.9 Å². The molecule has 1 aliphatic carbocycles. The monoisotopic (exact) mass is 561 g/mol. The van der Waals surface area contributed by atoms with Crippen LogP contribution < -0.4 is 26.0 Å². The molecule has 5 N–H and O–H groups in total. The van der Waals surface area contributed by atoms with Gasteiger partial charge < -0.3 is 26.0 Å². The largest absolute Gasteiger partial charge is 0.488 e. The Hall–Kier alpha value is -2.89. The zero-order valence-electron chi connectivity index (χ0n) is 22.0. The summed E-state index contributed by atoms with van der Waals surface area (Å²) in [6, 6.07) is 6.21. The minimum atomic E-state index is -3.81. The van der Waals surface area contributed by atoms with Crippen LogP contribution in [-0.4, -0.2) is 55.4 Å². The van der Waals surface area contributed by atoms with Crippen LogP contribution in [0.25, 0.3) is 0 Å². The van der Waals surface area contributed by atoms with Gasteiger partial charge in [0, 0.05) is 13.2 Å². The number of nitrogens with zero attached hydrogens (tertiary/aromatic N) is 2. The van der Waals surface area contributed by atoms with Crippen LogP contribution in [0, 0.1) is 11.3 Å². The molecule has 2 fully saturated rings. The van der Waals surface area contributed by atoms with Gasteiger partial charge in [-0.3, -0.25) is 5.41 Å². The van der Waals surface area contributed by atoms with Crippen molar-refractivity contribution in [3.63, 3.8) is 0 Å². The maximum absolute atomic E-state index is 12.7. The number of piperidine rings is 1. The van der Waals surface area contributed by atoms with Crippen LogP contribution in [0.1, 0.15) is 51.0 Å². The lowest BCUT2D eigenvalue weighted by atomic mass is 9.90. The first-order valence-electron chi connectivity index (χ1n) is 12.9. The topological polar surface area (TPSA) is 141 Å². The third-order valence-corrected chi connectivity index (χ3v) is 8.50. The van der Waals surface area contributed by atoms with Gasteiger partial charge in [0.05, 0.1) is 29.4 Å². The standard InChI is InChI=1S/C26H36ClN7O3S/c1-16(2)15-38(35,36)24(28)22(14-29-3)32-25-20(27)13-31-26(34-25)33-21-7-4-18(17-8-10-30-11-9-17)12-23(21)37-19-5-6-19/h4,7,12-14,16-17,19,28-30H,5-6,8-11,15H2,1-3H3,(H2,31,32,33,34)/b22-14+,28-24?. The number of rotatable bonds is 11. The maximum Gasteiger partial charge on any atom is 0.229 e. The molecule has 10 nitrogen and oxygen atoms in total. The normalized spacial score (nSPS) is 16.8. The second-order valence-electron chi connectivity index (χ2n) is 10.1. The lowest BCUT2D eigenvalue weighted by Crippen LogP contribution is -2.27. The van der Waals surface area contributed by atoms with Crippen LogP contribution in [0.15, 0.2) is 36.3 Å². The van der Waals surface area contributed by atoms with E-state index in [0.29, 0.717) is 5.92 Å². The molecular weight excluding hydrogens is 526 g/mol. The summed E-state index contributed by atoms with van der Waals surface area (Å²) in [5, 5.41) is 20.3. The van der Waals surface area contributed by atoms with Crippen molar-refractivity contribution in [1.29, 1.82) is 5.41 Å². The van der Waals surface area contributed by atoms with Gasteiger partial charge in [-0.15, -0.1) is 0 Å². The molecule has 0 unspecified atom stereocenters. The van der Waals surface area contributed by atoms with Crippen molar-refractivity contribution in [2.75, 3.05) is 36.5 Å². The Morgan fingerprint density at radius 3 is 2.66 bits per heavy atom. The lowest BCUT2D eigenvalue weighted by molar-refractivity contribution is 0.304. The highest BCUT2D eigenvalue weighted by Crippen LogP contribution is 2.37. The van der Waals surface area contributed by atoms with Gasteiger partial charge in [0.15, 0.2) is 20.7 Å². The molecule has 2 aliphatic rings. The molecular formula is C26H36ClN7O3S. The number of hydrogen-bond acceptors (Lipinski definition) is 10. The molecule has 206 valence electrons. The van der Waals surface area contributed by atoms with Crippen LogP contribution >= 0.6 is 11.6 Å². The van der Waals surface area contributed by atoms with E-state index in [2.05, 4.69) is 43.4 Å². The highest BCUT2D eigenvalue weighted by molar-refractivity contribution is 8.06. The zero-order valence-corrected chi connectivity index (χ0v) is 23.5. The number of anilines is 3. The predicted molar refractivity (Wildman–Crippen MR) is 152 cm³/mol. The number of sulfone groups is 1. The summed E-state index contributed by atoms with van der Waals surface area (Å²) in [7, 11) is -2.19. The van der Waals surface area contributed by atoms with Crippen LogP contribution in [0.4, 0.5) is 17.5 Å². The van der Waals surface area contributed by atoms with Gasteiger partial charge in [0.1, 0.15) is 10.8 Å². The van der Waals surface area contributed by atoms with Crippen molar-refractivity contribution in [1.82, 2.24) is 20.6 Å². The molecule has 1 aromatic heterocycles. The van der Waals surface area contributed by atoms with Gasteiger partial charge in [-0.2, -0.15) is 4.98 Å². The fraction of sp³-hybridized carbons (Fsp3) is 0.500. The van der Waals surface area contributed by atoms with Crippen molar-refractivity contribution in [2.24, 2.45) is 5.92 Å². The second kappa shape index (κ2) is 12.3. The zero-order chi connectivity index (χ0) is 27.3. The SMILES string of the molecule is CN/C=C(/Nc1nc(Nc2ccc(C3CCNCC3)cc2OC2CC2)ncc1Cl)C(=N)S(=O)(=O)CC(C)C. The Morgan fingerprint density at radius 1 is 1.26 bits per heavy atom. The van der Waals surface area contributed by atoms with E-state index in [1.165, 1.54) is 18.0 Å². The van der Waals surface area contributed by atoms with Gasteiger partial charge in [-0.05, 0) is 68.3 Å². The van der Waals surface area contributed by atoms with Gasteiger partial charge in [0.2, 0.25) is 5.95 Å². The van der Waals surface area contributed by atoms with Crippen LogP contribution in [0.3, 0.4) is 0 Å². The molecule has 0 amide bonds. The van der Waals surface area contributed by atoms with Crippen molar-refractivity contribution in [2.45, 2.75) is 51.6 Å². The van der Waals surface area contributed by atoms with E-state index in [0.717, 1.165) is 50.2 Å². The van der Waals surface area contributed by atoms with Crippen LogP contribution in [-0.2, 0) is 9.84 Å². The summed E-state index contributed by atoms with van der Waals surface area (Å²) in [5.74, 6) is 1.42. The summed E-state index contributed by atoms with van der Waals surface area (Å²) in [6.07, 6.45) is 7.30. The van der Waals surface area contributed by atoms with Gasteiger partial charge in [0.25, 0.3) is 0 Å². The van der Waals surface area contributed by atoms with Crippen molar-refractivity contribution < 1.29 is 13.2 Å². The van der Waals surface area contributed by atoms with Crippen molar-refractivity contribution in [3.8, 4) is 5.75 Å². The third-order valence-electron chi connectivity index (χ3n) is 6.27. The first-order valence-corrected chi connectivity index (χ1v) is 15.0. The molecule has 0 atom stereocenters. The number of benzene rings is 1. The van der Waals surface area contributed by atoms with E-state index in [-0.39, 0.29) is 40.3 Å². The molecule has 38 heavy (non-hydrogen) atoms. The summed E-state index contributed by atoms with van der Waals surface area (Å²) in [6.45, 7) is 5.61. The number of nitrogens with one attached hydrogen (secondary N) is 5. The van der Waals surface area contributed by atoms with Crippen LogP contribution in [0.5, 0.6) is 5.75 Å². The first kappa shape index (κ1) is 28.1. The lowest BCUT2D eigenvalue weighted by Gasteiger charge is -2.24. The van der Waals surface area contributed by atoms with E-state index in [4.69, 9.17) is 21.7 Å². The summed E-state index contributed by atoms with van der Waals surface area (Å²) in [5.41, 5.74) is 2.03. The Morgan fingerprint density at radius 2 is 2.00 bits per heavy atom. The molecule has 12 heteroatoms. The quantitative estimate of drug-likeness (QED) is 0.199. The Kier molecular flexibility index (Phi) is 9.11. The van der Waals surface area contributed by atoms with Gasteiger partial charge in [-0.25, -0.2) is 13.4 Å². The summed E-state index contributed by atoms with van der Waals surface area (Å²) in [4.78, 5) is 8.78. The molecule has 1 saturated heterocycles. The Balaban J connectivity index is 1.57. The molecule has 1 aliphatic heterocycles. The molecule has 1 aromatic carbocycles. The minimum absolute atomic E-state index is 0.0313. The van der Waals surface area contributed by atoms with E-state index in [1.807, 2.05) is 6.07 Å². The average molecular weight is 562 g/mol. The molecule has 1 saturated carbocycles.